The van der Waals surface area contributed by atoms with Crippen LogP contribution in [0.3, 0.4) is 0 Å². The van der Waals surface area contributed by atoms with E-state index in [9.17, 15) is 18.8 Å². The third-order valence-corrected chi connectivity index (χ3v) is 6.49. The normalized spacial score (nSPS) is 17.7. The van der Waals surface area contributed by atoms with Crippen LogP contribution in [-0.2, 0) is 16.1 Å². The van der Waals surface area contributed by atoms with E-state index in [1.165, 1.54) is 15.9 Å². The number of benzene rings is 2. The van der Waals surface area contributed by atoms with Crippen LogP contribution in [0.25, 0.3) is 0 Å². The molecule has 2 N–H and O–H groups in total. The first kappa shape index (κ1) is 24.0. The van der Waals surface area contributed by atoms with Crippen molar-refractivity contribution in [3.63, 3.8) is 0 Å². The molecule has 2 aliphatic heterocycles. The molecule has 34 heavy (non-hydrogen) atoms. The third kappa shape index (κ3) is 4.74. The minimum absolute atomic E-state index is 0.0423. The van der Waals surface area contributed by atoms with Gasteiger partial charge in [-0.2, -0.15) is 0 Å². The summed E-state index contributed by atoms with van der Waals surface area (Å²) in [5, 5.41) is 6.33. The van der Waals surface area contributed by atoms with Crippen molar-refractivity contribution in [1.82, 2.24) is 20.4 Å². The van der Waals surface area contributed by atoms with Crippen molar-refractivity contribution in [3.05, 3.63) is 80.7 Å². The minimum atomic E-state index is -0.720. The number of carbonyl (C=O) groups excluding carboxylic acids is 3. The van der Waals surface area contributed by atoms with E-state index in [1.54, 1.807) is 36.4 Å². The zero-order chi connectivity index (χ0) is 24.4. The molecule has 0 aliphatic carbocycles. The molecular formula is C24H23Cl2FN4O3. The summed E-state index contributed by atoms with van der Waals surface area (Å²) in [6.07, 6.45) is 0.0423. The molecule has 0 aromatic heterocycles. The molecule has 1 atom stereocenters. The predicted octanol–water partition coefficient (Wildman–Crippen LogP) is 4.02. The lowest BCUT2D eigenvalue weighted by Crippen LogP contribution is -2.47. The lowest BCUT2D eigenvalue weighted by atomic mass is 9.95. The van der Waals surface area contributed by atoms with Crippen LogP contribution >= 0.6 is 23.2 Å². The first-order valence-electron chi connectivity index (χ1n) is 10.9. The van der Waals surface area contributed by atoms with Crippen LogP contribution in [0.5, 0.6) is 0 Å². The van der Waals surface area contributed by atoms with Crippen LogP contribution in [0, 0.1) is 5.82 Å². The minimum Gasteiger partial charge on any atom is -0.352 e. The number of nitrogens with zero attached hydrogens (tertiary/aromatic N) is 2. The first-order chi connectivity index (χ1) is 16.3. The number of urea groups is 1. The van der Waals surface area contributed by atoms with E-state index in [0.29, 0.717) is 39.0 Å². The molecular weight excluding hydrogens is 482 g/mol. The molecule has 1 unspecified atom stereocenters. The maximum absolute atomic E-state index is 13.8. The van der Waals surface area contributed by atoms with E-state index < -0.39 is 11.9 Å². The number of likely N-dealkylation sites (N-methyl/N-ethyl adjacent to an activating group) is 1. The van der Waals surface area contributed by atoms with Crippen molar-refractivity contribution in [2.24, 2.45) is 0 Å². The van der Waals surface area contributed by atoms with E-state index in [0.717, 1.165) is 0 Å². The van der Waals surface area contributed by atoms with Gasteiger partial charge < -0.3 is 15.5 Å². The lowest BCUT2D eigenvalue weighted by Gasteiger charge is -2.33. The highest BCUT2D eigenvalue weighted by Gasteiger charge is 2.44. The Balaban J connectivity index is 1.47. The fourth-order valence-electron chi connectivity index (χ4n) is 4.19. The quantitative estimate of drug-likeness (QED) is 0.597. The summed E-state index contributed by atoms with van der Waals surface area (Å²) < 4.78 is 13.8. The molecule has 7 nitrogen and oxygen atoms in total. The standard InChI is InChI=1S/C24H23Cl2FN4O3/c1-2-31-19-13-30(10-9-20(32)28-12-14-5-3-4-6-18(14)27)23(33)21(19)22(29-24(31)34)16-8-7-15(25)11-17(16)26/h3-8,11,22H,2,9-10,12-13H2,1H3,(H,28,32)(H,29,34). The van der Waals surface area contributed by atoms with Crippen LogP contribution < -0.4 is 10.6 Å². The second kappa shape index (κ2) is 10.0. The smallest absolute Gasteiger partial charge is 0.322 e. The molecule has 0 bridgehead atoms. The molecule has 2 aliphatic rings. The van der Waals surface area contributed by atoms with Gasteiger partial charge in [0.1, 0.15) is 5.82 Å². The van der Waals surface area contributed by atoms with Crippen LogP contribution in [0.15, 0.2) is 53.7 Å². The summed E-state index contributed by atoms with van der Waals surface area (Å²) in [5.74, 6) is -0.968. The van der Waals surface area contributed by atoms with E-state index in [1.807, 2.05) is 6.92 Å². The molecule has 0 radical (unpaired) electrons. The number of halogens is 3. The highest BCUT2D eigenvalue weighted by Crippen LogP contribution is 2.39. The van der Waals surface area contributed by atoms with Gasteiger partial charge in [0, 0.05) is 41.7 Å². The Kier molecular flexibility index (Phi) is 7.09. The average molecular weight is 505 g/mol. The summed E-state index contributed by atoms with van der Waals surface area (Å²) in [6.45, 7) is 2.63. The fraction of sp³-hybridized carbons (Fsp3) is 0.292. The molecule has 2 aromatic carbocycles. The first-order valence-corrected chi connectivity index (χ1v) is 11.6. The van der Waals surface area contributed by atoms with E-state index in [-0.39, 0.29) is 43.9 Å². The zero-order valence-electron chi connectivity index (χ0n) is 18.4. The van der Waals surface area contributed by atoms with Crippen LogP contribution in [-0.4, -0.2) is 47.3 Å². The van der Waals surface area contributed by atoms with Crippen LogP contribution in [0.2, 0.25) is 10.0 Å². The summed E-state index contributed by atoms with van der Waals surface area (Å²) in [7, 11) is 0. The molecule has 4 rings (SSSR count). The van der Waals surface area contributed by atoms with Gasteiger partial charge in [0.15, 0.2) is 0 Å². The second-order valence-electron chi connectivity index (χ2n) is 8.00. The Morgan fingerprint density at radius 2 is 1.97 bits per heavy atom. The Hall–Kier alpha value is -3.10. The second-order valence-corrected chi connectivity index (χ2v) is 8.84. The zero-order valence-corrected chi connectivity index (χ0v) is 19.9. The summed E-state index contributed by atoms with van der Waals surface area (Å²) in [6, 6.07) is 10.1. The van der Waals surface area contributed by atoms with Crippen LogP contribution in [0.4, 0.5) is 9.18 Å². The van der Waals surface area contributed by atoms with Crippen molar-refractivity contribution in [3.8, 4) is 0 Å². The fourth-order valence-corrected chi connectivity index (χ4v) is 4.71. The highest BCUT2D eigenvalue weighted by atomic mass is 35.5. The van der Waals surface area contributed by atoms with Gasteiger partial charge >= 0.3 is 6.03 Å². The third-order valence-electron chi connectivity index (χ3n) is 5.93. The van der Waals surface area contributed by atoms with E-state index in [2.05, 4.69) is 10.6 Å². The highest BCUT2D eigenvalue weighted by molar-refractivity contribution is 6.35. The van der Waals surface area contributed by atoms with Crippen molar-refractivity contribution in [1.29, 1.82) is 0 Å². The molecule has 2 aromatic rings. The maximum Gasteiger partial charge on any atom is 0.322 e. The molecule has 0 saturated heterocycles. The number of rotatable bonds is 7. The Morgan fingerprint density at radius 3 is 2.68 bits per heavy atom. The topological polar surface area (TPSA) is 81.8 Å². The number of carbonyl (C=O) groups is 3. The summed E-state index contributed by atoms with van der Waals surface area (Å²) >= 11 is 12.4. The molecule has 4 amide bonds. The van der Waals surface area contributed by atoms with Gasteiger partial charge in [-0.05, 0) is 30.7 Å². The summed E-state index contributed by atoms with van der Waals surface area (Å²) in [5.41, 5.74) is 1.98. The number of amides is 4. The van der Waals surface area contributed by atoms with E-state index in [4.69, 9.17) is 23.2 Å². The van der Waals surface area contributed by atoms with Gasteiger partial charge in [-0.1, -0.05) is 47.5 Å². The summed E-state index contributed by atoms with van der Waals surface area (Å²) in [4.78, 5) is 41.5. The molecule has 0 spiro atoms. The predicted molar refractivity (Wildman–Crippen MR) is 127 cm³/mol. The van der Waals surface area contributed by atoms with Gasteiger partial charge in [0.25, 0.3) is 5.91 Å². The molecule has 0 fully saturated rings. The Bertz CT molecular complexity index is 1190. The molecule has 178 valence electrons. The largest absolute Gasteiger partial charge is 0.352 e. The van der Waals surface area contributed by atoms with Gasteiger partial charge in [0.05, 0.1) is 23.9 Å². The molecule has 2 heterocycles. The number of hydrogen-bond donors (Lipinski definition) is 2. The van der Waals surface area contributed by atoms with E-state index >= 15 is 0 Å². The monoisotopic (exact) mass is 504 g/mol. The Labute approximate surface area is 206 Å². The number of hydrogen-bond acceptors (Lipinski definition) is 3. The van der Waals surface area contributed by atoms with Gasteiger partial charge in [-0.3, -0.25) is 14.5 Å². The van der Waals surface area contributed by atoms with Gasteiger partial charge in [-0.25, -0.2) is 9.18 Å². The number of nitrogens with one attached hydrogen (secondary N) is 2. The van der Waals surface area contributed by atoms with Crippen molar-refractivity contribution in [2.45, 2.75) is 25.9 Å². The van der Waals surface area contributed by atoms with Crippen molar-refractivity contribution >= 4 is 41.0 Å². The maximum atomic E-state index is 13.8. The van der Waals surface area contributed by atoms with Gasteiger partial charge in [-0.15, -0.1) is 0 Å². The SMILES string of the molecule is CCN1C(=O)NC(c2ccc(Cl)cc2Cl)C2=C1CN(CCC(=O)NCc1ccccc1F)C2=O. The average Bonchev–Trinajstić information content (AvgIpc) is 3.13. The molecule has 10 heteroatoms. The lowest BCUT2D eigenvalue weighted by molar-refractivity contribution is -0.127. The Morgan fingerprint density at radius 1 is 1.21 bits per heavy atom. The van der Waals surface area contributed by atoms with Gasteiger partial charge in [0.2, 0.25) is 5.91 Å². The molecule has 0 saturated carbocycles. The van der Waals surface area contributed by atoms with Crippen LogP contribution in [0.1, 0.15) is 30.5 Å². The van der Waals surface area contributed by atoms with Crippen molar-refractivity contribution in [2.75, 3.05) is 19.6 Å². The van der Waals surface area contributed by atoms with Crippen molar-refractivity contribution < 1.29 is 18.8 Å².